The summed E-state index contributed by atoms with van der Waals surface area (Å²) < 4.78 is 7.03. The fourth-order valence-electron chi connectivity index (χ4n) is 2.79. The zero-order valence-electron chi connectivity index (χ0n) is 14.3. The molecule has 1 aromatic carbocycles. The number of hydrogen-bond acceptors (Lipinski definition) is 5. The Balaban J connectivity index is 1.82. The molecular weight excluding hydrogens is 306 g/mol. The number of nitrogens with zero attached hydrogens (tertiary/aromatic N) is 4. The monoisotopic (exact) mass is 327 g/mol. The van der Waals surface area contributed by atoms with Crippen molar-refractivity contribution in [3.63, 3.8) is 0 Å². The van der Waals surface area contributed by atoms with Crippen LogP contribution in [0, 0.1) is 6.92 Å². The molecule has 24 heavy (non-hydrogen) atoms. The molecule has 0 aliphatic heterocycles. The molecule has 7 nitrogen and oxygen atoms in total. The highest BCUT2D eigenvalue weighted by atomic mass is 16.5. The number of nitrogens with one attached hydrogen (secondary N) is 1. The number of aryl methyl sites for hydroxylation is 2. The van der Waals surface area contributed by atoms with Gasteiger partial charge in [0.15, 0.2) is 5.65 Å². The highest BCUT2D eigenvalue weighted by Crippen LogP contribution is 2.21. The molecule has 0 fully saturated rings. The van der Waals surface area contributed by atoms with Gasteiger partial charge >= 0.3 is 0 Å². The molecule has 3 aromatic rings. The average molecular weight is 327 g/mol. The molecule has 0 aliphatic rings. The van der Waals surface area contributed by atoms with Crippen LogP contribution in [-0.2, 0) is 20.1 Å². The summed E-state index contributed by atoms with van der Waals surface area (Å²) >= 11 is 0. The molecule has 3 rings (SSSR count). The summed E-state index contributed by atoms with van der Waals surface area (Å²) in [6.45, 7) is 3.27. The van der Waals surface area contributed by atoms with Crippen LogP contribution in [0.4, 0.5) is 0 Å². The molecule has 0 aliphatic carbocycles. The smallest absolute Gasteiger partial charge is 0.262 e. The van der Waals surface area contributed by atoms with E-state index in [1.807, 2.05) is 19.2 Å². The lowest BCUT2D eigenvalue weighted by Crippen LogP contribution is -2.22. The van der Waals surface area contributed by atoms with E-state index in [9.17, 15) is 4.79 Å². The second-order valence-electron chi connectivity index (χ2n) is 6.01. The maximum atomic E-state index is 12.1. The molecule has 126 valence electrons. The minimum absolute atomic E-state index is 0.162. The Hall–Kier alpha value is -2.67. The Kier molecular flexibility index (Phi) is 4.35. The van der Waals surface area contributed by atoms with Crippen molar-refractivity contribution in [3.8, 4) is 5.75 Å². The lowest BCUT2D eigenvalue weighted by atomic mass is 10.1. The summed E-state index contributed by atoms with van der Waals surface area (Å²) in [6, 6.07) is 6.11. The van der Waals surface area contributed by atoms with E-state index in [-0.39, 0.29) is 5.56 Å². The van der Waals surface area contributed by atoms with E-state index < -0.39 is 0 Å². The fourth-order valence-corrected chi connectivity index (χ4v) is 2.79. The third-order valence-corrected chi connectivity index (χ3v) is 3.95. The van der Waals surface area contributed by atoms with Crippen molar-refractivity contribution in [1.82, 2.24) is 24.6 Å². The van der Waals surface area contributed by atoms with Gasteiger partial charge in [0.05, 0.1) is 19.9 Å². The molecule has 0 saturated carbocycles. The first-order valence-electron chi connectivity index (χ1n) is 7.71. The maximum absolute atomic E-state index is 12.1. The summed E-state index contributed by atoms with van der Waals surface area (Å²) in [5.41, 5.74) is 2.71. The molecular formula is C17H21N5O2. The first-order chi connectivity index (χ1) is 11.5. The van der Waals surface area contributed by atoms with Crippen LogP contribution in [0.1, 0.15) is 17.0 Å². The van der Waals surface area contributed by atoms with Gasteiger partial charge in [-0.25, -0.2) is 4.98 Å². The van der Waals surface area contributed by atoms with E-state index in [0.29, 0.717) is 29.9 Å². The van der Waals surface area contributed by atoms with E-state index in [1.165, 1.54) is 11.8 Å². The van der Waals surface area contributed by atoms with Crippen molar-refractivity contribution in [2.75, 3.05) is 14.2 Å². The predicted octanol–water partition coefficient (Wildman–Crippen LogP) is 1.61. The Morgan fingerprint density at radius 3 is 2.88 bits per heavy atom. The van der Waals surface area contributed by atoms with Gasteiger partial charge in [-0.15, -0.1) is 0 Å². The summed E-state index contributed by atoms with van der Waals surface area (Å²) in [5, 5.41) is 4.58. The predicted molar refractivity (Wildman–Crippen MR) is 92.0 cm³/mol. The van der Waals surface area contributed by atoms with Crippen molar-refractivity contribution >= 4 is 11.0 Å². The number of ether oxygens (including phenoxy) is 1. The van der Waals surface area contributed by atoms with Gasteiger partial charge < -0.3 is 9.72 Å². The average Bonchev–Trinajstić information content (AvgIpc) is 2.89. The SMILES string of the molecule is COc1ccc(C)cc1CN(C)Cc1nc2c(cnn2C)c(=O)[nH]1. The molecule has 2 heterocycles. The Labute approximate surface area is 139 Å². The van der Waals surface area contributed by atoms with Crippen LogP contribution >= 0.6 is 0 Å². The molecule has 0 bridgehead atoms. The number of aromatic amines is 1. The van der Waals surface area contributed by atoms with E-state index in [4.69, 9.17) is 4.74 Å². The standard InChI is InChI=1S/C17H21N5O2/c1-11-5-6-14(24-4)12(7-11)9-21(2)10-15-19-16-13(17(23)20-15)8-18-22(16)3/h5-8H,9-10H2,1-4H3,(H,19,20,23). The first kappa shape index (κ1) is 16.2. The third kappa shape index (κ3) is 3.16. The molecule has 0 unspecified atom stereocenters. The minimum Gasteiger partial charge on any atom is -0.496 e. The fraction of sp³-hybridized carbons (Fsp3) is 0.353. The zero-order chi connectivity index (χ0) is 17.3. The topological polar surface area (TPSA) is 76.0 Å². The normalized spacial score (nSPS) is 11.4. The molecule has 0 spiro atoms. The highest BCUT2D eigenvalue weighted by molar-refractivity contribution is 5.72. The van der Waals surface area contributed by atoms with Crippen LogP contribution in [0.2, 0.25) is 0 Å². The minimum atomic E-state index is -0.162. The molecule has 2 aromatic heterocycles. The molecule has 0 amide bonds. The van der Waals surface area contributed by atoms with Gasteiger partial charge in [0.1, 0.15) is 17.0 Å². The maximum Gasteiger partial charge on any atom is 0.262 e. The van der Waals surface area contributed by atoms with Gasteiger partial charge in [-0.2, -0.15) is 5.10 Å². The number of benzene rings is 1. The Morgan fingerprint density at radius 2 is 2.12 bits per heavy atom. The third-order valence-electron chi connectivity index (χ3n) is 3.95. The van der Waals surface area contributed by atoms with Crippen LogP contribution in [0.25, 0.3) is 11.0 Å². The van der Waals surface area contributed by atoms with Gasteiger partial charge in [-0.1, -0.05) is 17.7 Å². The lowest BCUT2D eigenvalue weighted by molar-refractivity contribution is 0.302. The van der Waals surface area contributed by atoms with Crippen LogP contribution in [-0.4, -0.2) is 38.8 Å². The van der Waals surface area contributed by atoms with Crippen molar-refractivity contribution < 1.29 is 4.74 Å². The van der Waals surface area contributed by atoms with Crippen molar-refractivity contribution in [2.24, 2.45) is 7.05 Å². The number of methoxy groups -OCH3 is 1. The largest absolute Gasteiger partial charge is 0.496 e. The number of hydrogen-bond donors (Lipinski definition) is 1. The highest BCUT2D eigenvalue weighted by Gasteiger charge is 2.11. The summed E-state index contributed by atoms with van der Waals surface area (Å²) in [7, 11) is 5.43. The van der Waals surface area contributed by atoms with Gasteiger partial charge in [0, 0.05) is 19.2 Å². The van der Waals surface area contributed by atoms with Crippen molar-refractivity contribution in [2.45, 2.75) is 20.0 Å². The van der Waals surface area contributed by atoms with E-state index in [1.54, 1.807) is 18.8 Å². The zero-order valence-corrected chi connectivity index (χ0v) is 14.3. The van der Waals surface area contributed by atoms with E-state index in [2.05, 4.69) is 33.0 Å². The van der Waals surface area contributed by atoms with Crippen LogP contribution in [0.5, 0.6) is 5.75 Å². The molecule has 0 saturated heterocycles. The second kappa shape index (κ2) is 6.45. The molecule has 0 radical (unpaired) electrons. The Bertz CT molecular complexity index is 928. The number of fused-ring (bicyclic) bond motifs is 1. The second-order valence-corrected chi connectivity index (χ2v) is 6.01. The van der Waals surface area contributed by atoms with Gasteiger partial charge in [0.25, 0.3) is 5.56 Å². The van der Waals surface area contributed by atoms with Crippen LogP contribution < -0.4 is 10.3 Å². The Morgan fingerprint density at radius 1 is 1.33 bits per heavy atom. The van der Waals surface area contributed by atoms with Crippen molar-refractivity contribution in [1.29, 1.82) is 0 Å². The van der Waals surface area contributed by atoms with Gasteiger partial charge in [-0.3, -0.25) is 14.4 Å². The van der Waals surface area contributed by atoms with Crippen molar-refractivity contribution in [3.05, 3.63) is 51.7 Å². The number of H-pyrrole nitrogens is 1. The quantitative estimate of drug-likeness (QED) is 0.770. The summed E-state index contributed by atoms with van der Waals surface area (Å²) in [5.74, 6) is 1.47. The molecule has 7 heteroatoms. The lowest BCUT2D eigenvalue weighted by Gasteiger charge is -2.18. The molecule has 0 atom stereocenters. The van der Waals surface area contributed by atoms with Crippen LogP contribution in [0.3, 0.4) is 0 Å². The first-order valence-corrected chi connectivity index (χ1v) is 7.71. The number of aromatic nitrogens is 4. The summed E-state index contributed by atoms with van der Waals surface area (Å²) in [4.78, 5) is 21.5. The van der Waals surface area contributed by atoms with E-state index >= 15 is 0 Å². The summed E-state index contributed by atoms with van der Waals surface area (Å²) in [6.07, 6.45) is 1.53. The van der Waals surface area contributed by atoms with E-state index in [0.717, 1.165) is 11.3 Å². The van der Waals surface area contributed by atoms with Gasteiger partial charge in [-0.05, 0) is 20.0 Å². The van der Waals surface area contributed by atoms with Gasteiger partial charge in [0.2, 0.25) is 0 Å². The van der Waals surface area contributed by atoms with Crippen LogP contribution in [0.15, 0.2) is 29.2 Å². The molecule has 1 N–H and O–H groups in total. The number of rotatable bonds is 5.